The third kappa shape index (κ3) is 3.76. The molecule has 0 fully saturated rings. The minimum atomic E-state index is -1.11. The molecule has 156 valence electrons. The number of nitrogens with zero attached hydrogens (tertiary/aromatic N) is 1. The summed E-state index contributed by atoms with van der Waals surface area (Å²) >= 11 is 0. The number of rotatable bonds is 6. The molecule has 29 heavy (non-hydrogen) atoms. The van der Waals surface area contributed by atoms with E-state index in [-0.39, 0.29) is 24.9 Å². The van der Waals surface area contributed by atoms with Gasteiger partial charge in [-0.3, -0.25) is 19.3 Å². The zero-order valence-corrected chi connectivity index (χ0v) is 16.6. The molecule has 0 saturated heterocycles. The first-order valence-electron chi connectivity index (χ1n) is 9.61. The topological polar surface area (TPSA) is 125 Å². The van der Waals surface area contributed by atoms with E-state index in [2.05, 4.69) is 10.6 Å². The van der Waals surface area contributed by atoms with Crippen LogP contribution in [-0.4, -0.2) is 58.4 Å². The minimum Gasteiger partial charge on any atom is -0.497 e. The molecule has 3 aliphatic heterocycles. The Kier molecular flexibility index (Phi) is 5.76. The zero-order valence-electron chi connectivity index (χ0n) is 16.6. The van der Waals surface area contributed by atoms with Crippen molar-refractivity contribution >= 4 is 23.7 Å². The van der Waals surface area contributed by atoms with Crippen LogP contribution in [-0.2, 0) is 23.9 Å². The van der Waals surface area contributed by atoms with Crippen molar-refractivity contribution < 1.29 is 29.0 Å². The molecule has 3 amide bonds. The van der Waals surface area contributed by atoms with E-state index in [4.69, 9.17) is 4.74 Å². The highest BCUT2D eigenvalue weighted by Crippen LogP contribution is 2.38. The van der Waals surface area contributed by atoms with Crippen LogP contribution in [0.3, 0.4) is 0 Å². The van der Waals surface area contributed by atoms with Crippen LogP contribution < -0.4 is 10.6 Å². The SMILES string of the molecule is CCC(C)C(NC(C)=O)C(=O)N[C@@H]1C(=O)N2C3=C1COC=CC3=CC[C@H]2C(=O)O. The summed E-state index contributed by atoms with van der Waals surface area (Å²) in [5, 5.41) is 14.9. The molecule has 0 aromatic carbocycles. The number of allylic oxidation sites excluding steroid dienone is 1. The number of nitrogens with one attached hydrogen (secondary N) is 2. The maximum atomic E-state index is 13.1. The Labute approximate surface area is 168 Å². The van der Waals surface area contributed by atoms with Crippen LogP contribution in [0.25, 0.3) is 0 Å². The second kappa shape index (κ2) is 8.10. The molecule has 2 unspecified atom stereocenters. The third-order valence-electron chi connectivity index (χ3n) is 5.53. The summed E-state index contributed by atoms with van der Waals surface area (Å²) in [6.45, 7) is 5.11. The van der Waals surface area contributed by atoms with Crippen molar-refractivity contribution in [2.45, 2.75) is 51.7 Å². The Morgan fingerprint density at radius 1 is 1.38 bits per heavy atom. The van der Waals surface area contributed by atoms with E-state index in [0.29, 0.717) is 23.3 Å². The number of ether oxygens (including phenoxy) is 1. The number of aliphatic carboxylic acids is 1. The number of carboxylic acids is 1. The van der Waals surface area contributed by atoms with Gasteiger partial charge in [-0.25, -0.2) is 4.79 Å². The maximum Gasteiger partial charge on any atom is 0.327 e. The van der Waals surface area contributed by atoms with Crippen molar-refractivity contribution in [2.75, 3.05) is 6.61 Å². The lowest BCUT2D eigenvalue weighted by Gasteiger charge is -2.31. The molecule has 0 aromatic heterocycles. The van der Waals surface area contributed by atoms with Gasteiger partial charge in [-0.15, -0.1) is 0 Å². The average molecular weight is 403 g/mol. The van der Waals surface area contributed by atoms with Crippen LogP contribution in [0.5, 0.6) is 0 Å². The maximum absolute atomic E-state index is 13.1. The predicted molar refractivity (Wildman–Crippen MR) is 102 cm³/mol. The molecular weight excluding hydrogens is 378 g/mol. The summed E-state index contributed by atoms with van der Waals surface area (Å²) in [4.78, 5) is 50.6. The molecule has 3 aliphatic rings. The first-order chi connectivity index (χ1) is 13.8. The predicted octanol–water partition coefficient (Wildman–Crippen LogP) is 0.446. The van der Waals surface area contributed by atoms with E-state index in [1.54, 1.807) is 12.2 Å². The highest BCUT2D eigenvalue weighted by atomic mass is 16.5. The Morgan fingerprint density at radius 3 is 2.72 bits per heavy atom. The molecule has 9 nitrogen and oxygen atoms in total. The minimum absolute atomic E-state index is 0.0524. The molecule has 0 aliphatic carbocycles. The van der Waals surface area contributed by atoms with Gasteiger partial charge >= 0.3 is 5.97 Å². The quantitative estimate of drug-likeness (QED) is 0.591. The van der Waals surface area contributed by atoms with Gasteiger partial charge in [0.2, 0.25) is 11.8 Å². The van der Waals surface area contributed by atoms with Crippen LogP contribution in [0.2, 0.25) is 0 Å². The number of hydrogen-bond donors (Lipinski definition) is 3. The van der Waals surface area contributed by atoms with Crippen LogP contribution in [0.1, 0.15) is 33.6 Å². The molecule has 0 aromatic rings. The summed E-state index contributed by atoms with van der Waals surface area (Å²) in [6.07, 6.45) is 5.75. The molecule has 3 heterocycles. The van der Waals surface area contributed by atoms with Crippen LogP contribution in [0.4, 0.5) is 0 Å². The molecule has 9 heteroatoms. The number of carboxylic acid groups (broad SMARTS) is 1. The monoisotopic (exact) mass is 403 g/mol. The fraction of sp³-hybridized carbons (Fsp3) is 0.500. The molecule has 0 bridgehead atoms. The van der Waals surface area contributed by atoms with Crippen molar-refractivity contribution in [3.63, 3.8) is 0 Å². The van der Waals surface area contributed by atoms with E-state index in [0.717, 1.165) is 0 Å². The fourth-order valence-corrected chi connectivity index (χ4v) is 3.84. The van der Waals surface area contributed by atoms with E-state index >= 15 is 0 Å². The highest BCUT2D eigenvalue weighted by molar-refractivity contribution is 5.99. The van der Waals surface area contributed by atoms with Gasteiger partial charge in [0.15, 0.2) is 0 Å². The third-order valence-corrected chi connectivity index (χ3v) is 5.53. The summed E-state index contributed by atoms with van der Waals surface area (Å²) in [5.74, 6) is -2.61. The summed E-state index contributed by atoms with van der Waals surface area (Å²) in [7, 11) is 0. The summed E-state index contributed by atoms with van der Waals surface area (Å²) in [5.41, 5.74) is 1.68. The first-order valence-corrected chi connectivity index (χ1v) is 9.61. The molecule has 0 radical (unpaired) electrons. The van der Waals surface area contributed by atoms with Gasteiger partial charge in [0.25, 0.3) is 5.91 Å². The van der Waals surface area contributed by atoms with Gasteiger partial charge in [0.1, 0.15) is 24.7 Å². The second-order valence-corrected chi connectivity index (χ2v) is 7.45. The Hall–Kier alpha value is -3.10. The van der Waals surface area contributed by atoms with Crippen molar-refractivity contribution in [2.24, 2.45) is 5.92 Å². The second-order valence-electron chi connectivity index (χ2n) is 7.45. The van der Waals surface area contributed by atoms with Crippen LogP contribution in [0.15, 0.2) is 35.3 Å². The molecular formula is C20H25N3O6. The number of carbonyl (C=O) groups excluding carboxylic acids is 3. The number of amides is 3. The first kappa shape index (κ1) is 20.6. The molecule has 4 atom stereocenters. The van der Waals surface area contributed by atoms with E-state index in [1.807, 2.05) is 13.8 Å². The van der Waals surface area contributed by atoms with E-state index < -0.39 is 35.9 Å². The van der Waals surface area contributed by atoms with Crippen LogP contribution >= 0.6 is 0 Å². The summed E-state index contributed by atoms with van der Waals surface area (Å²) in [6, 6.07) is -2.88. The smallest absolute Gasteiger partial charge is 0.327 e. The molecule has 0 spiro atoms. The van der Waals surface area contributed by atoms with Crippen molar-refractivity contribution in [3.8, 4) is 0 Å². The lowest BCUT2D eigenvalue weighted by Crippen LogP contribution is -2.55. The lowest BCUT2D eigenvalue weighted by molar-refractivity contribution is -0.148. The number of hydrogen-bond acceptors (Lipinski definition) is 5. The zero-order chi connectivity index (χ0) is 21.3. The van der Waals surface area contributed by atoms with E-state index in [1.165, 1.54) is 18.1 Å². The number of carbonyl (C=O) groups is 4. The molecule has 3 rings (SSSR count). The largest absolute Gasteiger partial charge is 0.497 e. The Bertz CT molecular complexity index is 843. The Balaban J connectivity index is 1.93. The standard InChI is InChI=1S/C20H25N3O6/c1-4-10(2)15(21-11(3)24)18(25)22-16-13-9-29-8-7-12-5-6-14(20(27)28)23(17(12)13)19(16)26/h5,7-8,10,14-16H,4,6,9H2,1-3H3,(H,21,24)(H,22,25)(H,27,28)/t10?,14-,15?,16-/m0/s1. The normalized spacial score (nSPS) is 24.7. The molecule has 0 saturated carbocycles. The molecule has 3 N–H and O–H groups in total. The van der Waals surface area contributed by atoms with E-state index in [9.17, 15) is 24.3 Å². The van der Waals surface area contributed by atoms with Crippen molar-refractivity contribution in [1.82, 2.24) is 15.5 Å². The highest BCUT2D eigenvalue weighted by Gasteiger charge is 2.48. The Morgan fingerprint density at radius 2 is 2.10 bits per heavy atom. The van der Waals surface area contributed by atoms with Crippen LogP contribution in [0, 0.1) is 5.92 Å². The van der Waals surface area contributed by atoms with Crippen molar-refractivity contribution in [1.29, 1.82) is 0 Å². The van der Waals surface area contributed by atoms with Gasteiger partial charge in [-0.1, -0.05) is 26.3 Å². The van der Waals surface area contributed by atoms with Gasteiger partial charge in [-0.05, 0) is 24.0 Å². The lowest BCUT2D eigenvalue weighted by atomic mass is 9.97. The fourth-order valence-electron chi connectivity index (χ4n) is 3.84. The van der Waals surface area contributed by atoms with Gasteiger partial charge in [-0.2, -0.15) is 0 Å². The average Bonchev–Trinajstić information content (AvgIpc) is 2.83. The summed E-state index contributed by atoms with van der Waals surface area (Å²) < 4.78 is 5.44. The van der Waals surface area contributed by atoms with Gasteiger partial charge in [0.05, 0.1) is 12.0 Å². The van der Waals surface area contributed by atoms with Crippen molar-refractivity contribution in [3.05, 3.63) is 35.3 Å². The van der Waals surface area contributed by atoms with Gasteiger partial charge in [0, 0.05) is 12.5 Å². The van der Waals surface area contributed by atoms with Gasteiger partial charge < -0.3 is 20.5 Å².